The maximum atomic E-state index is 13.6. The topological polar surface area (TPSA) is 26.4 Å². The molecule has 0 aliphatic heterocycles. The molecule has 0 unspecified atom stereocenters. The Morgan fingerprint density at radius 1 is 0.967 bits per heavy atom. The van der Waals surface area contributed by atoms with Crippen molar-refractivity contribution in [1.29, 1.82) is 0 Å². The van der Waals surface area contributed by atoms with Crippen LogP contribution in [-0.2, 0) is 6.54 Å². The summed E-state index contributed by atoms with van der Waals surface area (Å²) in [6, 6.07) is 24.1. The van der Waals surface area contributed by atoms with Crippen LogP contribution in [0.1, 0.15) is 11.1 Å². The van der Waals surface area contributed by atoms with E-state index in [9.17, 15) is 4.79 Å². The second-order valence-corrected chi connectivity index (χ2v) is 9.82. The standard InChI is InChI=1S/C24H17BrN2OS2/c1-15-6-8-16(9-7-15)14-26-22-21(17-10-12-18(25)13-11-17)30-24(29)27(22)20-5-3-2-4-19(20)23(26)28/h2-13H,14H2,1H3. The Balaban J connectivity index is 1.89. The van der Waals surface area contributed by atoms with Crippen molar-refractivity contribution in [2.24, 2.45) is 0 Å². The Bertz CT molecular complexity index is 1510. The minimum absolute atomic E-state index is 0.00247. The highest BCUT2D eigenvalue weighted by Crippen LogP contribution is 2.34. The van der Waals surface area contributed by atoms with Gasteiger partial charge in [0, 0.05) is 4.47 Å². The molecule has 3 nitrogen and oxygen atoms in total. The second-order valence-electron chi connectivity index (χ2n) is 7.26. The SMILES string of the molecule is Cc1ccc(Cn2c(=O)c3ccccc3n3c(=S)sc(-c4ccc(Br)cc4)c23)cc1. The Morgan fingerprint density at radius 3 is 2.40 bits per heavy atom. The van der Waals surface area contributed by atoms with Gasteiger partial charge in [-0.15, -0.1) is 11.3 Å². The molecule has 2 heterocycles. The van der Waals surface area contributed by atoms with Gasteiger partial charge < -0.3 is 0 Å². The zero-order valence-corrected chi connectivity index (χ0v) is 19.4. The number of rotatable bonds is 3. The van der Waals surface area contributed by atoms with Crippen LogP contribution in [0.5, 0.6) is 0 Å². The van der Waals surface area contributed by atoms with Crippen LogP contribution in [0.3, 0.4) is 0 Å². The lowest BCUT2D eigenvalue weighted by atomic mass is 10.1. The molecule has 0 radical (unpaired) electrons. The third-order valence-corrected chi connectivity index (χ3v) is 7.17. The molecule has 0 atom stereocenters. The number of nitrogens with zero attached hydrogens (tertiary/aromatic N) is 2. The largest absolute Gasteiger partial charge is 0.288 e. The normalized spacial score (nSPS) is 11.4. The first-order valence-corrected chi connectivity index (χ1v) is 11.5. The summed E-state index contributed by atoms with van der Waals surface area (Å²) in [5.41, 5.74) is 5.02. The summed E-state index contributed by atoms with van der Waals surface area (Å²) in [5.74, 6) is 0. The van der Waals surface area contributed by atoms with Gasteiger partial charge in [0.1, 0.15) is 5.65 Å². The Hall–Kier alpha value is -2.54. The van der Waals surface area contributed by atoms with Crippen molar-refractivity contribution >= 4 is 56.0 Å². The molecule has 3 aromatic carbocycles. The number of aryl methyl sites for hydroxylation is 1. The molecular weight excluding hydrogens is 476 g/mol. The summed E-state index contributed by atoms with van der Waals surface area (Å²) in [6.45, 7) is 2.55. The van der Waals surface area contributed by atoms with Gasteiger partial charge >= 0.3 is 0 Å². The lowest BCUT2D eigenvalue weighted by Gasteiger charge is -2.14. The third-order valence-electron chi connectivity index (χ3n) is 5.23. The van der Waals surface area contributed by atoms with Crippen molar-refractivity contribution in [3.63, 3.8) is 0 Å². The summed E-state index contributed by atoms with van der Waals surface area (Å²) in [4.78, 5) is 14.6. The van der Waals surface area contributed by atoms with Gasteiger partial charge in [0.2, 0.25) is 0 Å². The highest BCUT2D eigenvalue weighted by molar-refractivity contribution is 9.10. The fraction of sp³-hybridized carbons (Fsp3) is 0.0833. The maximum Gasteiger partial charge on any atom is 0.261 e. The zero-order chi connectivity index (χ0) is 20.8. The van der Waals surface area contributed by atoms with E-state index in [4.69, 9.17) is 12.2 Å². The molecule has 0 aliphatic carbocycles. The summed E-state index contributed by atoms with van der Waals surface area (Å²) < 4.78 is 5.65. The number of thiazole rings is 1. The van der Waals surface area contributed by atoms with Crippen LogP contribution in [0.2, 0.25) is 0 Å². The van der Waals surface area contributed by atoms with E-state index in [1.54, 1.807) is 11.3 Å². The van der Waals surface area contributed by atoms with Gasteiger partial charge in [-0.1, -0.05) is 70.0 Å². The zero-order valence-electron chi connectivity index (χ0n) is 16.1. The predicted molar refractivity (Wildman–Crippen MR) is 131 cm³/mol. The molecule has 0 spiro atoms. The number of hydrogen-bond donors (Lipinski definition) is 0. The van der Waals surface area contributed by atoms with E-state index in [0.29, 0.717) is 11.9 Å². The fourth-order valence-corrected chi connectivity index (χ4v) is 5.42. The predicted octanol–water partition coefficient (Wildman–Crippen LogP) is 6.83. The van der Waals surface area contributed by atoms with Crippen LogP contribution in [0, 0.1) is 10.9 Å². The molecule has 30 heavy (non-hydrogen) atoms. The van der Waals surface area contributed by atoms with Crippen LogP contribution < -0.4 is 5.56 Å². The molecule has 0 amide bonds. The molecule has 148 valence electrons. The summed E-state index contributed by atoms with van der Waals surface area (Å²) in [6.07, 6.45) is 0. The minimum atomic E-state index is -0.00247. The lowest BCUT2D eigenvalue weighted by Crippen LogP contribution is -2.23. The van der Waals surface area contributed by atoms with Crippen molar-refractivity contribution in [3.05, 3.63) is 103 Å². The first-order chi connectivity index (χ1) is 14.5. The molecule has 5 aromatic rings. The molecule has 0 saturated heterocycles. The van der Waals surface area contributed by atoms with Gasteiger partial charge in [0.25, 0.3) is 5.56 Å². The molecule has 0 bridgehead atoms. The summed E-state index contributed by atoms with van der Waals surface area (Å²) in [5, 5.41) is 0.674. The summed E-state index contributed by atoms with van der Waals surface area (Å²) in [7, 11) is 0. The van der Waals surface area contributed by atoms with E-state index in [1.807, 2.05) is 45.4 Å². The number of aromatic nitrogens is 2. The summed E-state index contributed by atoms with van der Waals surface area (Å²) >= 11 is 10.8. The number of hydrogen-bond acceptors (Lipinski definition) is 3. The molecule has 0 saturated carbocycles. The van der Waals surface area contributed by atoms with E-state index in [0.717, 1.165) is 35.6 Å². The Morgan fingerprint density at radius 2 is 1.67 bits per heavy atom. The minimum Gasteiger partial charge on any atom is -0.288 e. The van der Waals surface area contributed by atoms with Gasteiger partial charge in [-0.25, -0.2) is 0 Å². The molecule has 2 aromatic heterocycles. The van der Waals surface area contributed by atoms with E-state index in [2.05, 4.69) is 59.3 Å². The number of para-hydroxylation sites is 1. The fourth-order valence-electron chi connectivity index (χ4n) is 3.73. The monoisotopic (exact) mass is 492 g/mol. The maximum absolute atomic E-state index is 13.6. The first kappa shape index (κ1) is 19.4. The van der Waals surface area contributed by atoms with E-state index in [1.165, 1.54) is 5.56 Å². The third kappa shape index (κ3) is 3.25. The highest BCUT2D eigenvalue weighted by Gasteiger charge is 2.18. The highest BCUT2D eigenvalue weighted by atomic mass is 79.9. The van der Waals surface area contributed by atoms with Crippen LogP contribution >= 0.6 is 39.5 Å². The lowest BCUT2D eigenvalue weighted by molar-refractivity contribution is 0.780. The quantitative estimate of drug-likeness (QED) is 0.258. The van der Waals surface area contributed by atoms with Crippen molar-refractivity contribution < 1.29 is 0 Å². The van der Waals surface area contributed by atoms with Gasteiger partial charge in [0.05, 0.1) is 22.3 Å². The number of fused-ring (bicyclic) bond motifs is 3. The van der Waals surface area contributed by atoms with Crippen LogP contribution in [0.4, 0.5) is 0 Å². The van der Waals surface area contributed by atoms with Gasteiger partial charge in [-0.05, 0) is 54.5 Å². The smallest absolute Gasteiger partial charge is 0.261 e. The molecular formula is C24H17BrN2OS2. The van der Waals surface area contributed by atoms with Gasteiger partial charge in [0.15, 0.2) is 3.95 Å². The molecule has 0 fully saturated rings. The van der Waals surface area contributed by atoms with Gasteiger partial charge in [-0.3, -0.25) is 13.8 Å². The van der Waals surface area contributed by atoms with E-state index >= 15 is 0 Å². The van der Waals surface area contributed by atoms with Crippen molar-refractivity contribution in [2.45, 2.75) is 13.5 Å². The van der Waals surface area contributed by atoms with Gasteiger partial charge in [-0.2, -0.15) is 0 Å². The average molecular weight is 493 g/mol. The van der Waals surface area contributed by atoms with E-state index < -0.39 is 0 Å². The van der Waals surface area contributed by atoms with Crippen molar-refractivity contribution in [2.75, 3.05) is 0 Å². The number of halogens is 1. The Labute approximate surface area is 191 Å². The molecule has 0 N–H and O–H groups in total. The Kier molecular flexibility index (Phi) is 4.93. The van der Waals surface area contributed by atoms with Crippen LogP contribution in [0.25, 0.3) is 27.0 Å². The van der Waals surface area contributed by atoms with E-state index in [-0.39, 0.29) is 5.56 Å². The van der Waals surface area contributed by atoms with Crippen LogP contribution in [-0.4, -0.2) is 8.97 Å². The second kappa shape index (κ2) is 7.61. The number of benzene rings is 3. The van der Waals surface area contributed by atoms with Crippen molar-refractivity contribution in [1.82, 2.24) is 8.97 Å². The average Bonchev–Trinajstić information content (AvgIpc) is 3.10. The first-order valence-electron chi connectivity index (χ1n) is 9.51. The van der Waals surface area contributed by atoms with Crippen molar-refractivity contribution in [3.8, 4) is 10.4 Å². The molecule has 5 rings (SSSR count). The molecule has 6 heteroatoms. The van der Waals surface area contributed by atoms with Crippen LogP contribution in [0.15, 0.2) is 82.1 Å². The molecule has 0 aliphatic rings.